The molecule has 0 saturated heterocycles. The van der Waals surface area contributed by atoms with Gasteiger partial charge in [0.15, 0.2) is 0 Å². The molecule has 1 aromatic carbocycles. The monoisotopic (exact) mass is 298 g/mol. The van der Waals surface area contributed by atoms with Gasteiger partial charge < -0.3 is 11.1 Å². The quantitative estimate of drug-likeness (QED) is 0.838. The SMILES string of the molecule is NC(=S)c1ccc(Br)cc1NCC1CCC1. The van der Waals surface area contributed by atoms with Gasteiger partial charge in [0.1, 0.15) is 4.99 Å². The summed E-state index contributed by atoms with van der Waals surface area (Å²) in [6, 6.07) is 5.95. The molecular weight excluding hydrogens is 284 g/mol. The summed E-state index contributed by atoms with van der Waals surface area (Å²) in [6.07, 6.45) is 4.04. The maximum absolute atomic E-state index is 5.69. The lowest BCUT2D eigenvalue weighted by Crippen LogP contribution is -2.22. The second-order valence-corrected chi connectivity index (χ2v) is 5.59. The van der Waals surface area contributed by atoms with Crippen LogP contribution in [0.4, 0.5) is 5.69 Å². The first-order valence-corrected chi connectivity index (χ1v) is 6.70. The summed E-state index contributed by atoms with van der Waals surface area (Å²) in [6.45, 7) is 1.02. The number of rotatable bonds is 4. The molecule has 0 amide bonds. The van der Waals surface area contributed by atoms with Crippen molar-refractivity contribution in [2.45, 2.75) is 19.3 Å². The van der Waals surface area contributed by atoms with Gasteiger partial charge in [-0.15, -0.1) is 0 Å². The van der Waals surface area contributed by atoms with Crippen LogP contribution in [0.5, 0.6) is 0 Å². The minimum Gasteiger partial charge on any atom is -0.389 e. The molecule has 16 heavy (non-hydrogen) atoms. The number of anilines is 1. The van der Waals surface area contributed by atoms with Gasteiger partial charge in [-0.05, 0) is 37.0 Å². The van der Waals surface area contributed by atoms with Crippen LogP contribution in [0.2, 0.25) is 0 Å². The Balaban J connectivity index is 2.09. The lowest BCUT2D eigenvalue weighted by atomic mass is 9.85. The second kappa shape index (κ2) is 5.15. The van der Waals surface area contributed by atoms with Crippen molar-refractivity contribution in [2.75, 3.05) is 11.9 Å². The lowest BCUT2D eigenvalue weighted by Gasteiger charge is -2.26. The van der Waals surface area contributed by atoms with Crippen LogP contribution in [0.3, 0.4) is 0 Å². The average molecular weight is 299 g/mol. The van der Waals surface area contributed by atoms with E-state index < -0.39 is 0 Å². The maximum atomic E-state index is 5.69. The van der Waals surface area contributed by atoms with Crippen molar-refractivity contribution in [3.8, 4) is 0 Å². The molecule has 1 saturated carbocycles. The number of nitrogens with one attached hydrogen (secondary N) is 1. The van der Waals surface area contributed by atoms with Gasteiger partial charge in [0, 0.05) is 22.3 Å². The molecule has 0 aliphatic heterocycles. The number of halogens is 1. The Kier molecular flexibility index (Phi) is 3.82. The van der Waals surface area contributed by atoms with Crippen molar-refractivity contribution in [2.24, 2.45) is 11.7 Å². The fourth-order valence-corrected chi connectivity index (χ4v) is 2.37. The largest absolute Gasteiger partial charge is 0.389 e. The van der Waals surface area contributed by atoms with E-state index in [0.717, 1.165) is 28.2 Å². The van der Waals surface area contributed by atoms with Crippen LogP contribution >= 0.6 is 28.1 Å². The van der Waals surface area contributed by atoms with Crippen LogP contribution in [0.1, 0.15) is 24.8 Å². The second-order valence-electron chi connectivity index (χ2n) is 4.23. The number of thiocarbonyl (C=S) groups is 1. The molecule has 0 bridgehead atoms. The highest BCUT2D eigenvalue weighted by molar-refractivity contribution is 9.10. The van der Waals surface area contributed by atoms with Crippen molar-refractivity contribution < 1.29 is 0 Å². The normalized spacial score (nSPS) is 15.6. The zero-order chi connectivity index (χ0) is 11.5. The van der Waals surface area contributed by atoms with Crippen LogP contribution in [0.15, 0.2) is 22.7 Å². The van der Waals surface area contributed by atoms with Crippen molar-refractivity contribution in [3.05, 3.63) is 28.2 Å². The Morgan fingerprint density at radius 1 is 1.50 bits per heavy atom. The van der Waals surface area contributed by atoms with Crippen LogP contribution in [-0.2, 0) is 0 Å². The molecule has 2 nitrogen and oxygen atoms in total. The van der Waals surface area contributed by atoms with Crippen molar-refractivity contribution in [1.82, 2.24) is 0 Å². The van der Waals surface area contributed by atoms with Crippen molar-refractivity contribution in [3.63, 3.8) is 0 Å². The summed E-state index contributed by atoms with van der Waals surface area (Å²) in [5, 5.41) is 3.44. The number of hydrogen-bond donors (Lipinski definition) is 2. The van der Waals surface area contributed by atoms with Crippen LogP contribution < -0.4 is 11.1 Å². The first-order valence-electron chi connectivity index (χ1n) is 5.50. The summed E-state index contributed by atoms with van der Waals surface area (Å²) >= 11 is 8.50. The van der Waals surface area contributed by atoms with E-state index in [2.05, 4.69) is 21.2 Å². The highest BCUT2D eigenvalue weighted by Gasteiger charge is 2.17. The zero-order valence-electron chi connectivity index (χ0n) is 9.00. The minimum atomic E-state index is 0.448. The lowest BCUT2D eigenvalue weighted by molar-refractivity contribution is 0.333. The zero-order valence-corrected chi connectivity index (χ0v) is 11.4. The Morgan fingerprint density at radius 3 is 2.81 bits per heavy atom. The van der Waals surface area contributed by atoms with Crippen molar-refractivity contribution >= 4 is 38.8 Å². The van der Waals surface area contributed by atoms with E-state index in [0.29, 0.717) is 4.99 Å². The molecule has 0 heterocycles. The average Bonchev–Trinajstić information content (AvgIpc) is 2.14. The van der Waals surface area contributed by atoms with Crippen LogP contribution in [-0.4, -0.2) is 11.5 Å². The van der Waals surface area contributed by atoms with E-state index in [1.165, 1.54) is 19.3 Å². The van der Waals surface area contributed by atoms with Crippen LogP contribution in [0.25, 0.3) is 0 Å². The van der Waals surface area contributed by atoms with Gasteiger partial charge in [-0.1, -0.05) is 34.6 Å². The van der Waals surface area contributed by atoms with E-state index in [4.69, 9.17) is 18.0 Å². The molecule has 1 aromatic rings. The van der Waals surface area contributed by atoms with Crippen molar-refractivity contribution in [1.29, 1.82) is 0 Å². The van der Waals surface area contributed by atoms with Gasteiger partial charge in [-0.2, -0.15) is 0 Å². The Morgan fingerprint density at radius 2 is 2.25 bits per heavy atom. The highest BCUT2D eigenvalue weighted by Crippen LogP contribution is 2.28. The fourth-order valence-electron chi connectivity index (χ4n) is 1.83. The Bertz CT molecular complexity index is 402. The third-order valence-corrected chi connectivity index (χ3v) is 3.77. The summed E-state index contributed by atoms with van der Waals surface area (Å²) in [5.41, 5.74) is 7.66. The molecule has 1 aliphatic carbocycles. The summed E-state index contributed by atoms with van der Waals surface area (Å²) in [5.74, 6) is 0.818. The standard InChI is InChI=1S/C12H15BrN2S/c13-9-4-5-10(12(14)16)11(6-9)15-7-8-2-1-3-8/h4-6,8,15H,1-3,7H2,(H2,14,16). The molecule has 0 radical (unpaired) electrons. The predicted octanol–water partition coefficient (Wildman–Crippen LogP) is 3.30. The van der Waals surface area contributed by atoms with Crippen LogP contribution in [0, 0.1) is 5.92 Å². The highest BCUT2D eigenvalue weighted by atomic mass is 79.9. The smallest absolute Gasteiger partial charge is 0.106 e. The number of benzene rings is 1. The molecule has 86 valence electrons. The molecule has 3 N–H and O–H groups in total. The minimum absolute atomic E-state index is 0.448. The number of hydrogen-bond acceptors (Lipinski definition) is 2. The third-order valence-electron chi connectivity index (χ3n) is 3.05. The molecule has 0 aromatic heterocycles. The first kappa shape index (κ1) is 11.9. The van der Waals surface area contributed by atoms with E-state index in [1.54, 1.807) is 0 Å². The first-order chi connectivity index (χ1) is 7.66. The van der Waals surface area contributed by atoms with Gasteiger partial charge in [-0.25, -0.2) is 0 Å². The molecule has 2 rings (SSSR count). The Hall–Kier alpha value is -0.610. The molecule has 4 heteroatoms. The van der Waals surface area contributed by atoms with Gasteiger partial charge in [0.2, 0.25) is 0 Å². The number of nitrogens with two attached hydrogens (primary N) is 1. The summed E-state index contributed by atoms with van der Waals surface area (Å²) < 4.78 is 1.05. The fraction of sp³-hybridized carbons (Fsp3) is 0.417. The van der Waals surface area contributed by atoms with Gasteiger partial charge in [0.05, 0.1) is 0 Å². The molecule has 1 aliphatic rings. The maximum Gasteiger partial charge on any atom is 0.106 e. The van der Waals surface area contributed by atoms with Gasteiger partial charge in [0.25, 0.3) is 0 Å². The third kappa shape index (κ3) is 2.74. The van der Waals surface area contributed by atoms with E-state index in [1.807, 2.05) is 18.2 Å². The van der Waals surface area contributed by atoms with Gasteiger partial charge in [-0.3, -0.25) is 0 Å². The summed E-state index contributed by atoms with van der Waals surface area (Å²) in [4.78, 5) is 0.448. The molecule has 0 spiro atoms. The molecule has 1 fully saturated rings. The predicted molar refractivity (Wildman–Crippen MR) is 75.9 cm³/mol. The molecular formula is C12H15BrN2S. The summed E-state index contributed by atoms with van der Waals surface area (Å²) in [7, 11) is 0. The van der Waals surface area contributed by atoms with E-state index in [-0.39, 0.29) is 0 Å². The van der Waals surface area contributed by atoms with Gasteiger partial charge >= 0.3 is 0 Å². The Labute approximate surface area is 110 Å². The molecule has 0 unspecified atom stereocenters. The van der Waals surface area contributed by atoms with E-state index in [9.17, 15) is 0 Å². The topological polar surface area (TPSA) is 38.0 Å². The van der Waals surface area contributed by atoms with E-state index >= 15 is 0 Å². The molecule has 0 atom stereocenters.